The lowest BCUT2D eigenvalue weighted by Crippen LogP contribution is -2.41. The number of piperidine rings is 1. The predicted molar refractivity (Wildman–Crippen MR) is 108 cm³/mol. The number of carbonyl (C=O) groups excluding carboxylic acids is 2. The fourth-order valence-electron chi connectivity index (χ4n) is 3.69. The number of benzene rings is 1. The van der Waals surface area contributed by atoms with Crippen molar-refractivity contribution in [3.63, 3.8) is 0 Å². The van der Waals surface area contributed by atoms with E-state index in [1.165, 1.54) is 28.6 Å². The number of sulfonamides is 1. The van der Waals surface area contributed by atoms with E-state index in [1.807, 2.05) is 0 Å². The van der Waals surface area contributed by atoms with E-state index >= 15 is 0 Å². The lowest BCUT2D eigenvalue weighted by Gasteiger charge is -2.30. The van der Waals surface area contributed by atoms with E-state index in [1.54, 1.807) is 6.92 Å². The zero-order chi connectivity index (χ0) is 21.6. The molecule has 1 atom stereocenters. The highest BCUT2D eigenvalue weighted by Crippen LogP contribution is 2.25. The zero-order valence-corrected chi connectivity index (χ0v) is 18.1. The van der Waals surface area contributed by atoms with Crippen molar-refractivity contribution in [1.29, 1.82) is 0 Å². The Hall–Kier alpha value is -1.97. The standard InChI is InChI=1S/C21H29NO7S/c1-2-27-20(23)16-6-8-19(9-7-16)30(25,26)22-12-10-17(11-13-22)21(24)29-15-18-5-3-4-14-28-18/h6-9,17-18H,2-5,10-15H2,1H3. The first-order chi connectivity index (χ1) is 14.4. The minimum Gasteiger partial charge on any atom is -0.463 e. The first kappa shape index (κ1) is 22.7. The Morgan fingerprint density at radius 3 is 2.37 bits per heavy atom. The van der Waals surface area contributed by atoms with E-state index < -0.39 is 16.0 Å². The Morgan fingerprint density at radius 1 is 1.07 bits per heavy atom. The van der Waals surface area contributed by atoms with Gasteiger partial charge < -0.3 is 14.2 Å². The van der Waals surface area contributed by atoms with Crippen LogP contribution in [0.4, 0.5) is 0 Å². The van der Waals surface area contributed by atoms with Gasteiger partial charge in [-0.2, -0.15) is 4.31 Å². The van der Waals surface area contributed by atoms with Crippen molar-refractivity contribution >= 4 is 22.0 Å². The summed E-state index contributed by atoms with van der Waals surface area (Å²) in [6.07, 6.45) is 3.84. The van der Waals surface area contributed by atoms with E-state index in [-0.39, 0.29) is 49.2 Å². The van der Waals surface area contributed by atoms with Crippen LogP contribution in [0.25, 0.3) is 0 Å². The molecule has 2 heterocycles. The van der Waals surface area contributed by atoms with Crippen LogP contribution in [0, 0.1) is 5.92 Å². The minimum atomic E-state index is -3.69. The van der Waals surface area contributed by atoms with Crippen LogP contribution in [0.1, 0.15) is 49.4 Å². The maximum Gasteiger partial charge on any atom is 0.338 e. The van der Waals surface area contributed by atoms with Crippen molar-refractivity contribution in [2.45, 2.75) is 50.0 Å². The molecular formula is C21H29NO7S. The van der Waals surface area contributed by atoms with Crippen LogP contribution >= 0.6 is 0 Å². The van der Waals surface area contributed by atoms with Gasteiger partial charge in [0.05, 0.1) is 29.1 Å². The number of carbonyl (C=O) groups is 2. The molecule has 1 aromatic rings. The number of hydrogen-bond acceptors (Lipinski definition) is 7. The minimum absolute atomic E-state index is 0.0271. The summed E-state index contributed by atoms with van der Waals surface area (Å²) >= 11 is 0. The van der Waals surface area contributed by atoms with Gasteiger partial charge in [0.25, 0.3) is 0 Å². The van der Waals surface area contributed by atoms with Gasteiger partial charge in [-0.15, -0.1) is 0 Å². The fraction of sp³-hybridized carbons (Fsp3) is 0.619. The van der Waals surface area contributed by atoms with E-state index in [9.17, 15) is 18.0 Å². The van der Waals surface area contributed by atoms with Gasteiger partial charge in [-0.3, -0.25) is 4.79 Å². The van der Waals surface area contributed by atoms with Crippen LogP contribution in [-0.4, -0.2) is 63.7 Å². The van der Waals surface area contributed by atoms with Crippen molar-refractivity contribution in [2.24, 2.45) is 5.92 Å². The molecule has 1 unspecified atom stereocenters. The van der Waals surface area contributed by atoms with Crippen LogP contribution in [0.15, 0.2) is 29.2 Å². The lowest BCUT2D eigenvalue weighted by atomic mass is 9.98. The van der Waals surface area contributed by atoms with Gasteiger partial charge in [0.15, 0.2) is 0 Å². The maximum absolute atomic E-state index is 12.9. The van der Waals surface area contributed by atoms with Crippen molar-refractivity contribution in [1.82, 2.24) is 4.31 Å². The maximum atomic E-state index is 12.9. The average molecular weight is 440 g/mol. The SMILES string of the molecule is CCOC(=O)c1ccc(S(=O)(=O)N2CCC(C(=O)OCC3CCCCO3)CC2)cc1. The smallest absolute Gasteiger partial charge is 0.338 e. The van der Waals surface area contributed by atoms with Gasteiger partial charge in [-0.05, 0) is 63.3 Å². The molecular weight excluding hydrogens is 410 g/mol. The molecule has 30 heavy (non-hydrogen) atoms. The Bertz CT molecular complexity index is 823. The molecule has 0 aliphatic carbocycles. The number of nitrogens with zero attached hydrogens (tertiary/aromatic N) is 1. The van der Waals surface area contributed by atoms with Crippen LogP contribution in [0.3, 0.4) is 0 Å². The topological polar surface area (TPSA) is 99.2 Å². The molecule has 2 aliphatic rings. The quantitative estimate of drug-likeness (QED) is 0.602. The molecule has 2 saturated heterocycles. The third-order valence-electron chi connectivity index (χ3n) is 5.48. The van der Waals surface area contributed by atoms with Crippen LogP contribution in [-0.2, 0) is 29.0 Å². The summed E-state index contributed by atoms with van der Waals surface area (Å²) in [7, 11) is -3.69. The Morgan fingerprint density at radius 2 is 1.77 bits per heavy atom. The average Bonchev–Trinajstić information content (AvgIpc) is 2.78. The second-order valence-electron chi connectivity index (χ2n) is 7.54. The van der Waals surface area contributed by atoms with Crippen LogP contribution in [0.5, 0.6) is 0 Å². The number of ether oxygens (including phenoxy) is 3. The highest BCUT2D eigenvalue weighted by atomic mass is 32.2. The molecule has 3 rings (SSSR count). The lowest BCUT2D eigenvalue weighted by molar-refractivity contribution is -0.155. The third kappa shape index (κ3) is 5.59. The molecule has 0 saturated carbocycles. The second kappa shape index (κ2) is 10.4. The normalized spacial score (nSPS) is 21.2. The molecule has 2 fully saturated rings. The van der Waals surface area contributed by atoms with Gasteiger partial charge in [-0.1, -0.05) is 0 Å². The molecule has 0 spiro atoms. The molecule has 8 nitrogen and oxygen atoms in total. The predicted octanol–water partition coefficient (Wildman–Crippen LogP) is 2.38. The molecule has 2 aliphatic heterocycles. The van der Waals surface area contributed by atoms with Gasteiger partial charge in [0.2, 0.25) is 10.0 Å². The monoisotopic (exact) mass is 439 g/mol. The molecule has 1 aromatic carbocycles. The van der Waals surface area contributed by atoms with E-state index in [4.69, 9.17) is 14.2 Å². The summed E-state index contributed by atoms with van der Waals surface area (Å²) < 4.78 is 43.0. The highest BCUT2D eigenvalue weighted by molar-refractivity contribution is 7.89. The summed E-state index contributed by atoms with van der Waals surface area (Å²) in [5, 5.41) is 0. The van der Waals surface area contributed by atoms with Crippen molar-refractivity contribution in [3.05, 3.63) is 29.8 Å². The number of rotatable bonds is 7. The van der Waals surface area contributed by atoms with Gasteiger partial charge in [0, 0.05) is 19.7 Å². The van der Waals surface area contributed by atoms with Crippen molar-refractivity contribution < 1.29 is 32.2 Å². The summed E-state index contributed by atoms with van der Waals surface area (Å²) in [6, 6.07) is 5.71. The van der Waals surface area contributed by atoms with Gasteiger partial charge in [-0.25, -0.2) is 13.2 Å². The third-order valence-corrected chi connectivity index (χ3v) is 7.39. The van der Waals surface area contributed by atoms with E-state index in [0.29, 0.717) is 25.0 Å². The van der Waals surface area contributed by atoms with E-state index in [2.05, 4.69) is 0 Å². The molecule has 166 valence electrons. The summed E-state index contributed by atoms with van der Waals surface area (Å²) in [6.45, 7) is 3.44. The highest BCUT2D eigenvalue weighted by Gasteiger charge is 2.33. The summed E-state index contributed by atoms with van der Waals surface area (Å²) in [5.74, 6) is -1.06. The second-order valence-corrected chi connectivity index (χ2v) is 9.48. The van der Waals surface area contributed by atoms with Crippen molar-refractivity contribution in [2.75, 3.05) is 32.9 Å². The van der Waals surface area contributed by atoms with Crippen LogP contribution < -0.4 is 0 Å². The van der Waals surface area contributed by atoms with Crippen molar-refractivity contribution in [3.8, 4) is 0 Å². The Balaban J connectivity index is 1.51. The fourth-order valence-corrected chi connectivity index (χ4v) is 5.16. The molecule has 0 aromatic heterocycles. The molecule has 0 bridgehead atoms. The van der Waals surface area contributed by atoms with E-state index in [0.717, 1.165) is 19.3 Å². The molecule has 0 radical (unpaired) electrons. The number of hydrogen-bond donors (Lipinski definition) is 0. The Labute approximate surface area is 177 Å². The van der Waals surface area contributed by atoms with Gasteiger partial charge in [0.1, 0.15) is 6.61 Å². The van der Waals surface area contributed by atoms with Gasteiger partial charge >= 0.3 is 11.9 Å². The summed E-state index contributed by atoms with van der Waals surface area (Å²) in [5.41, 5.74) is 0.305. The first-order valence-electron chi connectivity index (χ1n) is 10.5. The van der Waals surface area contributed by atoms with Crippen LogP contribution in [0.2, 0.25) is 0 Å². The molecule has 0 amide bonds. The molecule has 9 heteroatoms. The zero-order valence-electron chi connectivity index (χ0n) is 17.2. The Kier molecular flexibility index (Phi) is 7.85. The molecule has 0 N–H and O–H groups in total. The first-order valence-corrected chi connectivity index (χ1v) is 11.9. The largest absolute Gasteiger partial charge is 0.463 e. The number of esters is 2. The summed E-state index contributed by atoms with van der Waals surface area (Å²) in [4.78, 5) is 24.2.